The number of anilines is 3. The van der Waals surface area contributed by atoms with Crippen molar-refractivity contribution in [2.45, 2.75) is 44.6 Å². The molecule has 7 heteroatoms. The summed E-state index contributed by atoms with van der Waals surface area (Å²) < 4.78 is 0. The molecule has 23 heavy (non-hydrogen) atoms. The van der Waals surface area contributed by atoms with E-state index in [0.29, 0.717) is 0 Å². The zero-order valence-corrected chi connectivity index (χ0v) is 13.7. The highest BCUT2D eigenvalue weighted by Crippen LogP contribution is 2.25. The molecule has 0 bridgehead atoms. The van der Waals surface area contributed by atoms with Crippen LogP contribution in [-0.4, -0.2) is 65.4 Å². The van der Waals surface area contributed by atoms with Gasteiger partial charge >= 0.3 is 0 Å². The average molecular weight is 318 g/mol. The molecule has 1 aromatic heterocycles. The average Bonchev–Trinajstić information content (AvgIpc) is 3.29. The molecule has 0 atom stereocenters. The standard InChI is InChI=1S/C16H26N6O/c23-13-5-11-22(12-6-13)16-18-14(20-7-1-2-8-20)17-15(19-16)21-9-3-4-10-21/h13,23H,1-12H2. The Morgan fingerprint density at radius 1 is 0.609 bits per heavy atom. The Morgan fingerprint density at radius 2 is 0.957 bits per heavy atom. The Bertz CT molecular complexity index is 499. The fourth-order valence-electron chi connectivity index (χ4n) is 3.67. The molecule has 3 aliphatic heterocycles. The number of aliphatic hydroxyl groups is 1. The minimum atomic E-state index is -0.177. The van der Waals surface area contributed by atoms with Gasteiger partial charge in [0.15, 0.2) is 0 Å². The van der Waals surface area contributed by atoms with Gasteiger partial charge in [0.2, 0.25) is 17.8 Å². The van der Waals surface area contributed by atoms with Crippen LogP contribution in [0.15, 0.2) is 0 Å². The summed E-state index contributed by atoms with van der Waals surface area (Å²) in [6.45, 7) is 5.82. The molecule has 3 saturated heterocycles. The van der Waals surface area contributed by atoms with Crippen molar-refractivity contribution in [1.82, 2.24) is 15.0 Å². The van der Waals surface area contributed by atoms with Gasteiger partial charge in [-0.15, -0.1) is 0 Å². The lowest BCUT2D eigenvalue weighted by molar-refractivity contribution is 0.145. The van der Waals surface area contributed by atoms with E-state index in [4.69, 9.17) is 15.0 Å². The second-order valence-corrected chi connectivity index (χ2v) is 6.84. The van der Waals surface area contributed by atoms with Crippen LogP contribution in [0.4, 0.5) is 17.8 Å². The van der Waals surface area contributed by atoms with Crippen LogP contribution in [0.2, 0.25) is 0 Å². The van der Waals surface area contributed by atoms with E-state index >= 15 is 0 Å². The van der Waals surface area contributed by atoms with Gasteiger partial charge in [0, 0.05) is 39.3 Å². The second kappa shape index (κ2) is 6.47. The van der Waals surface area contributed by atoms with Crippen LogP contribution >= 0.6 is 0 Å². The van der Waals surface area contributed by atoms with E-state index < -0.39 is 0 Å². The Morgan fingerprint density at radius 3 is 1.35 bits per heavy atom. The first-order chi connectivity index (χ1) is 11.3. The molecule has 3 fully saturated rings. The van der Waals surface area contributed by atoms with Gasteiger partial charge in [0.05, 0.1) is 6.10 Å². The number of rotatable bonds is 3. The monoisotopic (exact) mass is 318 g/mol. The third kappa shape index (κ3) is 3.20. The van der Waals surface area contributed by atoms with Crippen molar-refractivity contribution in [3.8, 4) is 0 Å². The van der Waals surface area contributed by atoms with E-state index in [-0.39, 0.29) is 6.10 Å². The van der Waals surface area contributed by atoms with E-state index in [1.165, 1.54) is 25.7 Å². The van der Waals surface area contributed by atoms with Crippen molar-refractivity contribution in [2.75, 3.05) is 54.0 Å². The first kappa shape index (κ1) is 14.9. The number of hydrogen-bond acceptors (Lipinski definition) is 7. The van der Waals surface area contributed by atoms with Crippen molar-refractivity contribution in [3.63, 3.8) is 0 Å². The number of nitrogens with zero attached hydrogens (tertiary/aromatic N) is 6. The fourth-order valence-corrected chi connectivity index (χ4v) is 3.67. The lowest BCUT2D eigenvalue weighted by Crippen LogP contribution is -2.38. The zero-order chi connectivity index (χ0) is 15.6. The van der Waals surface area contributed by atoms with E-state index in [0.717, 1.165) is 70.0 Å². The summed E-state index contributed by atoms with van der Waals surface area (Å²) in [5.74, 6) is 2.46. The molecule has 4 rings (SSSR count). The summed E-state index contributed by atoms with van der Waals surface area (Å²) in [6.07, 6.45) is 6.29. The largest absolute Gasteiger partial charge is 0.393 e. The van der Waals surface area contributed by atoms with Crippen molar-refractivity contribution in [1.29, 1.82) is 0 Å². The molecule has 4 heterocycles. The fraction of sp³-hybridized carbons (Fsp3) is 0.812. The van der Waals surface area contributed by atoms with Gasteiger partial charge in [0.1, 0.15) is 0 Å². The highest BCUT2D eigenvalue weighted by Gasteiger charge is 2.25. The van der Waals surface area contributed by atoms with E-state index in [1.807, 2.05) is 0 Å². The van der Waals surface area contributed by atoms with Crippen LogP contribution in [0.1, 0.15) is 38.5 Å². The van der Waals surface area contributed by atoms with Crippen molar-refractivity contribution >= 4 is 17.8 Å². The van der Waals surface area contributed by atoms with Crippen molar-refractivity contribution in [2.24, 2.45) is 0 Å². The van der Waals surface area contributed by atoms with Crippen LogP contribution < -0.4 is 14.7 Å². The van der Waals surface area contributed by atoms with E-state index in [2.05, 4.69) is 14.7 Å². The van der Waals surface area contributed by atoms with E-state index in [9.17, 15) is 5.11 Å². The quantitative estimate of drug-likeness (QED) is 0.893. The Hall–Kier alpha value is -1.63. The number of hydrogen-bond donors (Lipinski definition) is 1. The van der Waals surface area contributed by atoms with Crippen LogP contribution in [-0.2, 0) is 0 Å². The van der Waals surface area contributed by atoms with E-state index in [1.54, 1.807) is 0 Å². The zero-order valence-electron chi connectivity index (χ0n) is 13.7. The van der Waals surface area contributed by atoms with Gasteiger partial charge in [-0.25, -0.2) is 0 Å². The number of piperidine rings is 1. The normalized spacial score (nSPS) is 23.1. The summed E-state index contributed by atoms with van der Waals surface area (Å²) >= 11 is 0. The molecule has 1 aromatic rings. The SMILES string of the molecule is OC1CCN(c2nc(N3CCCC3)nc(N3CCCC3)n2)CC1. The molecule has 0 amide bonds. The Kier molecular flexibility index (Phi) is 4.20. The lowest BCUT2D eigenvalue weighted by atomic mass is 10.1. The molecule has 126 valence electrons. The summed E-state index contributed by atoms with van der Waals surface area (Å²) in [7, 11) is 0. The van der Waals surface area contributed by atoms with Gasteiger partial charge < -0.3 is 19.8 Å². The first-order valence-electron chi connectivity index (χ1n) is 8.98. The van der Waals surface area contributed by atoms with Gasteiger partial charge in [-0.1, -0.05) is 0 Å². The highest BCUT2D eigenvalue weighted by molar-refractivity contribution is 5.47. The van der Waals surface area contributed by atoms with Gasteiger partial charge in [-0.3, -0.25) is 0 Å². The smallest absolute Gasteiger partial charge is 0.231 e. The molecule has 0 saturated carbocycles. The molecule has 0 aromatic carbocycles. The maximum absolute atomic E-state index is 9.73. The minimum absolute atomic E-state index is 0.177. The molecular weight excluding hydrogens is 292 g/mol. The molecule has 0 aliphatic carbocycles. The number of aromatic nitrogens is 3. The lowest BCUT2D eigenvalue weighted by Gasteiger charge is -2.31. The molecule has 1 N–H and O–H groups in total. The number of aliphatic hydroxyl groups excluding tert-OH is 1. The summed E-state index contributed by atoms with van der Waals surface area (Å²) in [6, 6.07) is 0. The van der Waals surface area contributed by atoms with Gasteiger partial charge in [0.25, 0.3) is 0 Å². The predicted octanol–water partition coefficient (Wildman–Crippen LogP) is 1.03. The maximum atomic E-state index is 9.73. The molecule has 0 radical (unpaired) electrons. The van der Waals surface area contributed by atoms with Crippen LogP contribution in [0, 0.1) is 0 Å². The summed E-state index contributed by atoms with van der Waals surface area (Å²) in [5, 5.41) is 9.73. The Labute approximate surface area is 137 Å². The van der Waals surface area contributed by atoms with Crippen molar-refractivity contribution in [3.05, 3.63) is 0 Å². The van der Waals surface area contributed by atoms with Gasteiger partial charge in [-0.2, -0.15) is 15.0 Å². The Balaban J connectivity index is 1.63. The summed E-state index contributed by atoms with van der Waals surface area (Å²) in [4.78, 5) is 21.0. The summed E-state index contributed by atoms with van der Waals surface area (Å²) in [5.41, 5.74) is 0. The molecular formula is C16H26N6O. The molecule has 3 aliphatic rings. The minimum Gasteiger partial charge on any atom is -0.393 e. The topological polar surface area (TPSA) is 68.6 Å². The first-order valence-corrected chi connectivity index (χ1v) is 8.98. The predicted molar refractivity (Wildman–Crippen MR) is 90.2 cm³/mol. The second-order valence-electron chi connectivity index (χ2n) is 6.84. The third-order valence-corrected chi connectivity index (χ3v) is 5.13. The van der Waals surface area contributed by atoms with Crippen LogP contribution in [0.3, 0.4) is 0 Å². The van der Waals surface area contributed by atoms with Crippen LogP contribution in [0.5, 0.6) is 0 Å². The maximum Gasteiger partial charge on any atom is 0.231 e. The van der Waals surface area contributed by atoms with Gasteiger partial charge in [-0.05, 0) is 38.5 Å². The third-order valence-electron chi connectivity index (χ3n) is 5.13. The van der Waals surface area contributed by atoms with Crippen molar-refractivity contribution < 1.29 is 5.11 Å². The van der Waals surface area contributed by atoms with Crippen LogP contribution in [0.25, 0.3) is 0 Å². The molecule has 7 nitrogen and oxygen atoms in total. The molecule has 0 spiro atoms. The highest BCUT2D eigenvalue weighted by atomic mass is 16.3. The molecule has 0 unspecified atom stereocenters.